The molecule has 3 N–H and O–H groups in total. The first-order chi connectivity index (χ1) is 8.65. The molecule has 5 heteroatoms. The third-order valence-corrected chi connectivity index (χ3v) is 2.90. The van der Waals surface area contributed by atoms with Crippen LogP contribution in [-0.2, 0) is 0 Å². The average molecular weight is 248 g/mol. The summed E-state index contributed by atoms with van der Waals surface area (Å²) in [6, 6.07) is 5.88. The normalized spacial score (nSPS) is 14.0. The Kier molecular flexibility index (Phi) is 3.82. The number of carbonyl (C=O) groups is 2. The molecule has 1 fully saturated rings. The zero-order valence-corrected chi connectivity index (χ0v) is 9.98. The fourth-order valence-corrected chi connectivity index (χ4v) is 1.70. The number of carbonyl (C=O) groups excluding carboxylic acids is 1. The number of nitrogens with one attached hydrogen (secondary N) is 2. The van der Waals surface area contributed by atoms with Crippen LogP contribution in [0.4, 0.5) is 10.5 Å². The van der Waals surface area contributed by atoms with E-state index >= 15 is 0 Å². The van der Waals surface area contributed by atoms with Crippen LogP contribution < -0.4 is 10.6 Å². The van der Waals surface area contributed by atoms with E-state index in [1.165, 1.54) is 25.0 Å². The minimum Gasteiger partial charge on any atom is -0.478 e. The second kappa shape index (κ2) is 5.53. The molecule has 2 amide bonds. The predicted octanol–water partition coefficient (Wildman–Crippen LogP) is 2.31. The van der Waals surface area contributed by atoms with Crippen LogP contribution in [0.1, 0.15) is 29.6 Å². The van der Waals surface area contributed by atoms with Crippen molar-refractivity contribution in [1.29, 1.82) is 0 Å². The predicted molar refractivity (Wildman–Crippen MR) is 67.8 cm³/mol. The molecule has 18 heavy (non-hydrogen) atoms. The van der Waals surface area contributed by atoms with Gasteiger partial charge in [-0.15, -0.1) is 0 Å². The fraction of sp³-hybridized carbons (Fsp3) is 0.385. The molecular formula is C13H16N2O3. The van der Waals surface area contributed by atoms with Crippen molar-refractivity contribution in [1.82, 2.24) is 5.32 Å². The second-order valence-electron chi connectivity index (χ2n) is 4.50. The molecule has 0 atom stereocenters. The minimum atomic E-state index is -1.01. The number of amides is 2. The highest BCUT2D eigenvalue weighted by atomic mass is 16.4. The molecule has 2 rings (SSSR count). The van der Waals surface area contributed by atoms with Crippen molar-refractivity contribution in [3.63, 3.8) is 0 Å². The summed E-state index contributed by atoms with van der Waals surface area (Å²) in [6.07, 6.45) is 3.55. The molecule has 0 spiro atoms. The summed E-state index contributed by atoms with van der Waals surface area (Å²) in [4.78, 5) is 22.3. The van der Waals surface area contributed by atoms with Crippen molar-refractivity contribution in [3.8, 4) is 0 Å². The Morgan fingerprint density at radius 1 is 1.33 bits per heavy atom. The van der Waals surface area contributed by atoms with Gasteiger partial charge in [-0.25, -0.2) is 9.59 Å². The van der Waals surface area contributed by atoms with Crippen LogP contribution in [-0.4, -0.2) is 23.7 Å². The number of carboxylic acids is 1. The SMILES string of the molecule is O=C(NCCC1CC1)Nc1cccc(C(=O)O)c1. The zero-order valence-electron chi connectivity index (χ0n) is 9.98. The third-order valence-electron chi connectivity index (χ3n) is 2.90. The van der Waals surface area contributed by atoms with Gasteiger partial charge in [0.15, 0.2) is 0 Å². The van der Waals surface area contributed by atoms with Gasteiger partial charge < -0.3 is 15.7 Å². The minimum absolute atomic E-state index is 0.158. The van der Waals surface area contributed by atoms with Gasteiger partial charge in [0.2, 0.25) is 0 Å². The molecule has 0 bridgehead atoms. The molecule has 1 aromatic rings. The molecular weight excluding hydrogens is 232 g/mol. The lowest BCUT2D eigenvalue weighted by molar-refractivity contribution is 0.0697. The molecule has 1 aliphatic rings. The van der Waals surface area contributed by atoms with Crippen molar-refractivity contribution in [2.24, 2.45) is 5.92 Å². The Morgan fingerprint density at radius 3 is 2.78 bits per heavy atom. The Bertz CT molecular complexity index is 455. The van der Waals surface area contributed by atoms with Crippen LogP contribution in [0.5, 0.6) is 0 Å². The van der Waals surface area contributed by atoms with E-state index in [2.05, 4.69) is 10.6 Å². The Morgan fingerprint density at radius 2 is 2.11 bits per heavy atom. The van der Waals surface area contributed by atoms with Crippen LogP contribution >= 0.6 is 0 Å². The fourth-order valence-electron chi connectivity index (χ4n) is 1.70. The summed E-state index contributed by atoms with van der Waals surface area (Å²) in [5.41, 5.74) is 0.643. The maximum Gasteiger partial charge on any atom is 0.335 e. The molecule has 0 aliphatic heterocycles. The van der Waals surface area contributed by atoms with Crippen LogP contribution in [0.15, 0.2) is 24.3 Å². The van der Waals surface area contributed by atoms with Gasteiger partial charge in [0.05, 0.1) is 5.56 Å². The molecule has 1 saturated carbocycles. The first-order valence-corrected chi connectivity index (χ1v) is 6.03. The van der Waals surface area contributed by atoms with Gasteiger partial charge in [-0.3, -0.25) is 0 Å². The Hall–Kier alpha value is -2.04. The van der Waals surface area contributed by atoms with E-state index in [0.29, 0.717) is 12.2 Å². The van der Waals surface area contributed by atoms with Crippen LogP contribution in [0.2, 0.25) is 0 Å². The number of urea groups is 1. The quantitative estimate of drug-likeness (QED) is 0.748. The highest BCUT2D eigenvalue weighted by Gasteiger charge is 2.20. The van der Waals surface area contributed by atoms with E-state index in [4.69, 9.17) is 5.11 Å². The van der Waals surface area contributed by atoms with Gasteiger partial charge in [0, 0.05) is 12.2 Å². The molecule has 0 radical (unpaired) electrons. The van der Waals surface area contributed by atoms with Crippen LogP contribution in [0.3, 0.4) is 0 Å². The van der Waals surface area contributed by atoms with Crippen molar-refractivity contribution in [2.45, 2.75) is 19.3 Å². The van der Waals surface area contributed by atoms with Gasteiger partial charge in [-0.2, -0.15) is 0 Å². The summed E-state index contributed by atoms with van der Waals surface area (Å²) < 4.78 is 0. The molecule has 0 saturated heterocycles. The highest BCUT2D eigenvalue weighted by Crippen LogP contribution is 2.31. The summed E-state index contributed by atoms with van der Waals surface area (Å²) in [7, 11) is 0. The maximum atomic E-state index is 11.5. The lowest BCUT2D eigenvalue weighted by Gasteiger charge is -2.07. The van der Waals surface area contributed by atoms with Crippen LogP contribution in [0, 0.1) is 5.92 Å². The molecule has 96 valence electrons. The molecule has 0 aromatic heterocycles. The van der Waals surface area contributed by atoms with Crippen molar-refractivity contribution in [2.75, 3.05) is 11.9 Å². The van der Waals surface area contributed by atoms with E-state index in [1.807, 2.05) is 0 Å². The first-order valence-electron chi connectivity index (χ1n) is 6.03. The maximum absolute atomic E-state index is 11.5. The molecule has 5 nitrogen and oxygen atoms in total. The number of carboxylic acid groups (broad SMARTS) is 1. The molecule has 0 heterocycles. The standard InChI is InChI=1S/C13H16N2O3/c16-12(17)10-2-1-3-11(8-10)15-13(18)14-7-6-9-4-5-9/h1-3,8-9H,4-7H2,(H,16,17)(H2,14,15,18). The number of rotatable bonds is 5. The second-order valence-corrected chi connectivity index (χ2v) is 4.50. The van der Waals surface area contributed by atoms with Gasteiger partial charge >= 0.3 is 12.0 Å². The van der Waals surface area contributed by atoms with Gasteiger partial charge in [0.25, 0.3) is 0 Å². The number of aromatic carboxylic acids is 1. The topological polar surface area (TPSA) is 78.4 Å². The Balaban J connectivity index is 1.81. The molecule has 0 unspecified atom stereocenters. The average Bonchev–Trinajstić information content (AvgIpc) is 3.13. The monoisotopic (exact) mass is 248 g/mol. The Labute approximate surface area is 105 Å². The van der Waals surface area contributed by atoms with E-state index in [-0.39, 0.29) is 11.6 Å². The third kappa shape index (κ3) is 3.76. The number of anilines is 1. The number of hydrogen-bond donors (Lipinski definition) is 3. The van der Waals surface area contributed by atoms with Crippen molar-refractivity contribution in [3.05, 3.63) is 29.8 Å². The number of hydrogen-bond acceptors (Lipinski definition) is 2. The van der Waals surface area contributed by atoms with Gasteiger partial charge in [-0.05, 0) is 30.5 Å². The molecule has 1 aliphatic carbocycles. The largest absolute Gasteiger partial charge is 0.478 e. The molecule has 1 aromatic carbocycles. The zero-order chi connectivity index (χ0) is 13.0. The van der Waals surface area contributed by atoms with Gasteiger partial charge in [0.1, 0.15) is 0 Å². The van der Waals surface area contributed by atoms with Gasteiger partial charge in [-0.1, -0.05) is 18.9 Å². The summed E-state index contributed by atoms with van der Waals surface area (Å²) in [5.74, 6) is -0.228. The van der Waals surface area contributed by atoms with Crippen molar-refractivity contribution < 1.29 is 14.7 Å². The van der Waals surface area contributed by atoms with Crippen LogP contribution in [0.25, 0.3) is 0 Å². The smallest absolute Gasteiger partial charge is 0.335 e. The lowest BCUT2D eigenvalue weighted by atomic mass is 10.2. The summed E-state index contributed by atoms with van der Waals surface area (Å²) in [6.45, 7) is 0.662. The van der Waals surface area contributed by atoms with E-state index in [9.17, 15) is 9.59 Å². The number of benzene rings is 1. The van der Waals surface area contributed by atoms with E-state index in [0.717, 1.165) is 12.3 Å². The highest BCUT2D eigenvalue weighted by molar-refractivity contribution is 5.93. The van der Waals surface area contributed by atoms with E-state index < -0.39 is 5.97 Å². The lowest BCUT2D eigenvalue weighted by Crippen LogP contribution is -2.29. The van der Waals surface area contributed by atoms with E-state index in [1.54, 1.807) is 12.1 Å². The summed E-state index contributed by atoms with van der Waals surface area (Å²) in [5, 5.41) is 14.2. The summed E-state index contributed by atoms with van der Waals surface area (Å²) >= 11 is 0. The first kappa shape index (κ1) is 12.4. The van der Waals surface area contributed by atoms with Crippen molar-refractivity contribution >= 4 is 17.7 Å².